The molecule has 0 heterocycles. The molecule has 0 saturated carbocycles. The van der Waals surface area contributed by atoms with Crippen molar-refractivity contribution in [1.29, 1.82) is 0 Å². The third-order valence-corrected chi connectivity index (χ3v) is 5.67. The van der Waals surface area contributed by atoms with E-state index >= 15 is 0 Å². The van der Waals surface area contributed by atoms with Gasteiger partial charge in [-0.25, -0.2) is 8.42 Å². The highest BCUT2D eigenvalue weighted by molar-refractivity contribution is 7.91. The molecule has 0 saturated heterocycles. The van der Waals surface area contributed by atoms with E-state index in [-0.39, 0.29) is 23.1 Å². The molecule has 0 aromatic heterocycles. The molecule has 0 aliphatic heterocycles. The molecule has 0 unspecified atom stereocenters. The number of carbonyl (C=O) groups excluding carboxylic acids is 1. The van der Waals surface area contributed by atoms with Gasteiger partial charge in [0, 0.05) is 18.7 Å². The van der Waals surface area contributed by atoms with Crippen molar-refractivity contribution in [2.45, 2.75) is 11.8 Å². The zero-order valence-electron chi connectivity index (χ0n) is 15.6. The van der Waals surface area contributed by atoms with E-state index in [0.29, 0.717) is 11.5 Å². The van der Waals surface area contributed by atoms with Crippen LogP contribution in [-0.2, 0) is 14.6 Å². The summed E-state index contributed by atoms with van der Waals surface area (Å²) in [6.45, 7) is 1.84. The average Bonchev–Trinajstić information content (AvgIpc) is 2.67. The molecule has 2 aromatic carbocycles. The van der Waals surface area contributed by atoms with Gasteiger partial charge in [-0.1, -0.05) is 30.3 Å². The highest BCUT2D eigenvalue weighted by Crippen LogP contribution is 2.29. The van der Waals surface area contributed by atoms with E-state index in [4.69, 9.17) is 9.47 Å². The Labute approximate surface area is 159 Å². The normalized spacial score (nSPS) is 11.7. The summed E-state index contributed by atoms with van der Waals surface area (Å²) in [5.74, 6) is 0.237. The first-order valence-electron chi connectivity index (χ1n) is 8.33. The Hall–Kier alpha value is -2.80. The highest BCUT2D eigenvalue weighted by Gasteiger charge is 2.17. The summed E-state index contributed by atoms with van der Waals surface area (Å²) < 4.78 is 35.2. The lowest BCUT2D eigenvalue weighted by molar-refractivity contribution is -0.116. The molecule has 0 aliphatic carbocycles. The minimum atomic E-state index is -3.57. The molecule has 1 N–H and O–H groups in total. The van der Waals surface area contributed by atoms with Crippen LogP contribution >= 0.6 is 0 Å². The smallest absolute Gasteiger partial charge is 0.244 e. The van der Waals surface area contributed by atoms with Crippen LogP contribution in [0, 0.1) is 0 Å². The first-order valence-corrected chi connectivity index (χ1v) is 9.99. The largest absolute Gasteiger partial charge is 0.493 e. The molecule has 6 nitrogen and oxygen atoms in total. The Morgan fingerprint density at radius 2 is 1.70 bits per heavy atom. The molecular weight excluding hydrogens is 366 g/mol. The Bertz CT molecular complexity index is 921. The maximum atomic E-state index is 12.5. The van der Waals surface area contributed by atoms with Gasteiger partial charge in [-0.05, 0) is 30.2 Å². The van der Waals surface area contributed by atoms with Crippen molar-refractivity contribution in [3.63, 3.8) is 0 Å². The molecule has 27 heavy (non-hydrogen) atoms. The van der Waals surface area contributed by atoms with Gasteiger partial charge in [0.2, 0.25) is 5.91 Å². The molecule has 0 atom stereocenters. The van der Waals surface area contributed by atoms with Crippen LogP contribution < -0.4 is 14.8 Å². The van der Waals surface area contributed by atoms with Crippen LogP contribution in [0.1, 0.15) is 12.5 Å². The molecule has 0 fully saturated rings. The van der Waals surface area contributed by atoms with Crippen molar-refractivity contribution in [3.05, 3.63) is 60.2 Å². The second kappa shape index (κ2) is 9.23. The summed E-state index contributed by atoms with van der Waals surface area (Å²) in [6, 6.07) is 13.9. The van der Waals surface area contributed by atoms with Crippen molar-refractivity contribution in [2.24, 2.45) is 0 Å². The van der Waals surface area contributed by atoms with Crippen molar-refractivity contribution >= 4 is 21.3 Å². The lowest BCUT2D eigenvalue weighted by atomic mass is 10.1. The fraction of sp³-hybridized carbons (Fsp3) is 0.250. The van der Waals surface area contributed by atoms with Gasteiger partial charge in [0.1, 0.15) is 0 Å². The highest BCUT2D eigenvalue weighted by atomic mass is 32.2. The van der Waals surface area contributed by atoms with Crippen LogP contribution in [0.2, 0.25) is 0 Å². The van der Waals surface area contributed by atoms with Gasteiger partial charge in [-0.15, -0.1) is 0 Å². The van der Waals surface area contributed by atoms with Gasteiger partial charge < -0.3 is 14.8 Å². The number of sulfone groups is 1. The fourth-order valence-corrected chi connectivity index (χ4v) is 3.64. The van der Waals surface area contributed by atoms with Crippen LogP contribution in [-0.4, -0.2) is 40.8 Å². The number of hydrogen-bond donors (Lipinski definition) is 1. The topological polar surface area (TPSA) is 81.7 Å². The van der Waals surface area contributed by atoms with E-state index in [1.165, 1.54) is 38.5 Å². The quantitative estimate of drug-likeness (QED) is 0.702. The maximum absolute atomic E-state index is 12.5. The Morgan fingerprint density at radius 1 is 1.04 bits per heavy atom. The van der Waals surface area contributed by atoms with Crippen LogP contribution in [0.4, 0.5) is 0 Å². The SMILES string of the molecule is COc1ccc(S(=O)(=O)CCNC(=O)/C=C(\C)c2ccccc2)cc1OC. The minimum Gasteiger partial charge on any atom is -0.493 e. The van der Waals surface area contributed by atoms with Gasteiger partial charge in [0.05, 0.1) is 24.9 Å². The molecule has 0 spiro atoms. The molecule has 0 aliphatic rings. The van der Waals surface area contributed by atoms with Crippen molar-refractivity contribution < 1.29 is 22.7 Å². The van der Waals surface area contributed by atoms with Crippen molar-refractivity contribution in [2.75, 3.05) is 26.5 Å². The molecule has 0 bridgehead atoms. The fourth-order valence-electron chi connectivity index (χ4n) is 2.47. The zero-order valence-corrected chi connectivity index (χ0v) is 16.4. The first kappa shape index (κ1) is 20.5. The number of carbonyl (C=O) groups is 1. The number of amides is 1. The second-order valence-electron chi connectivity index (χ2n) is 5.82. The Balaban J connectivity index is 1.98. The Morgan fingerprint density at radius 3 is 2.33 bits per heavy atom. The molecule has 144 valence electrons. The number of benzene rings is 2. The molecule has 0 radical (unpaired) electrons. The van der Waals surface area contributed by atoms with Crippen molar-refractivity contribution in [1.82, 2.24) is 5.32 Å². The summed E-state index contributed by atoms with van der Waals surface area (Å²) in [5.41, 5.74) is 1.74. The lowest BCUT2D eigenvalue weighted by Crippen LogP contribution is -2.27. The zero-order chi connectivity index (χ0) is 19.9. The molecular formula is C20H23NO5S. The van der Waals surface area contributed by atoms with Crippen LogP contribution in [0.3, 0.4) is 0 Å². The van der Waals surface area contributed by atoms with Gasteiger partial charge >= 0.3 is 0 Å². The van der Waals surface area contributed by atoms with E-state index in [1.807, 2.05) is 37.3 Å². The number of nitrogens with one attached hydrogen (secondary N) is 1. The molecule has 1 amide bonds. The summed E-state index contributed by atoms with van der Waals surface area (Å²) >= 11 is 0. The number of allylic oxidation sites excluding steroid dienone is 1. The monoisotopic (exact) mass is 389 g/mol. The third kappa shape index (κ3) is 5.59. The molecule has 2 aromatic rings. The van der Waals surface area contributed by atoms with Gasteiger partial charge in [0.25, 0.3) is 0 Å². The van der Waals surface area contributed by atoms with Crippen LogP contribution in [0.15, 0.2) is 59.5 Å². The van der Waals surface area contributed by atoms with Crippen LogP contribution in [0.5, 0.6) is 11.5 Å². The van der Waals surface area contributed by atoms with Crippen molar-refractivity contribution in [3.8, 4) is 11.5 Å². The standard InChI is InChI=1S/C20H23NO5S/c1-15(16-7-5-4-6-8-16)13-20(22)21-11-12-27(23,24)17-9-10-18(25-2)19(14-17)26-3/h4-10,13-14H,11-12H2,1-3H3,(H,21,22)/b15-13+. The maximum Gasteiger partial charge on any atom is 0.244 e. The van der Waals surface area contributed by atoms with Gasteiger partial charge in [0.15, 0.2) is 21.3 Å². The van der Waals surface area contributed by atoms with E-state index in [0.717, 1.165) is 11.1 Å². The van der Waals surface area contributed by atoms with E-state index < -0.39 is 9.84 Å². The average molecular weight is 389 g/mol. The number of hydrogen-bond acceptors (Lipinski definition) is 5. The van der Waals surface area contributed by atoms with E-state index in [1.54, 1.807) is 0 Å². The van der Waals surface area contributed by atoms with Gasteiger partial charge in [-0.3, -0.25) is 4.79 Å². The lowest BCUT2D eigenvalue weighted by Gasteiger charge is -2.10. The minimum absolute atomic E-state index is 0.00802. The summed E-state index contributed by atoms with van der Waals surface area (Å²) in [5, 5.41) is 2.61. The number of rotatable bonds is 8. The molecule has 7 heteroatoms. The predicted octanol–water partition coefficient (Wildman–Crippen LogP) is 2.70. The summed E-state index contributed by atoms with van der Waals surface area (Å²) in [7, 11) is -0.646. The number of methoxy groups -OCH3 is 2. The Kier molecular flexibility index (Phi) is 7.01. The second-order valence-corrected chi connectivity index (χ2v) is 7.93. The van der Waals surface area contributed by atoms with E-state index in [2.05, 4.69) is 5.32 Å². The summed E-state index contributed by atoms with van der Waals surface area (Å²) in [6.07, 6.45) is 1.46. The molecule has 2 rings (SSSR count). The summed E-state index contributed by atoms with van der Waals surface area (Å²) in [4.78, 5) is 12.1. The predicted molar refractivity (Wildman–Crippen MR) is 105 cm³/mol. The van der Waals surface area contributed by atoms with E-state index in [9.17, 15) is 13.2 Å². The van der Waals surface area contributed by atoms with Gasteiger partial charge in [-0.2, -0.15) is 0 Å². The first-order chi connectivity index (χ1) is 12.9. The third-order valence-electron chi connectivity index (χ3n) is 3.96. The number of ether oxygens (including phenoxy) is 2. The van der Waals surface area contributed by atoms with Crippen LogP contribution in [0.25, 0.3) is 5.57 Å².